The number of carboxylic acids is 1. The second-order valence-electron chi connectivity index (χ2n) is 2.70. The average Bonchev–Trinajstić information content (AvgIpc) is 2.15. The average molecular weight is 296 g/mol. The predicted octanol–water partition coefficient (Wildman–Crippen LogP) is 1.29. The molecule has 0 aliphatic heterocycles. The molecule has 5 nitrogen and oxygen atoms in total. The molecule has 0 saturated carbocycles. The lowest BCUT2D eigenvalue weighted by Crippen LogP contribution is -2.36. The molecule has 0 bridgehead atoms. The Morgan fingerprint density at radius 3 is 3.00 bits per heavy atom. The van der Waals surface area contributed by atoms with Crippen LogP contribution in [0.15, 0.2) is 16.7 Å². The maximum absolute atomic E-state index is 10.4. The summed E-state index contributed by atoms with van der Waals surface area (Å²) >= 11 is 8.84. The summed E-state index contributed by atoms with van der Waals surface area (Å²) in [7, 11) is 0. The molecule has 0 radical (unpaired) electrons. The number of pyridine rings is 1. The molecule has 1 aromatic rings. The van der Waals surface area contributed by atoms with Gasteiger partial charge in [0.25, 0.3) is 0 Å². The highest BCUT2D eigenvalue weighted by Gasteiger charge is 2.13. The summed E-state index contributed by atoms with van der Waals surface area (Å²) in [6.45, 7) is -0.150. The molecule has 3 N–H and O–H groups in total. The fourth-order valence-electron chi connectivity index (χ4n) is 0.748. The van der Waals surface area contributed by atoms with Gasteiger partial charge in [-0.3, -0.25) is 4.79 Å². The van der Waals surface area contributed by atoms with Crippen molar-refractivity contribution < 1.29 is 14.6 Å². The Bertz CT molecular complexity index is 375. The summed E-state index contributed by atoms with van der Waals surface area (Å²) in [6.07, 6.45) is 1.40. The number of carboxylic acid groups (broad SMARTS) is 1. The maximum atomic E-state index is 10.4. The van der Waals surface area contributed by atoms with Gasteiger partial charge >= 0.3 is 5.97 Å². The minimum atomic E-state index is -1.12. The molecule has 0 amide bonds. The van der Waals surface area contributed by atoms with E-state index in [0.29, 0.717) is 9.50 Å². The number of nitrogens with zero attached hydrogens (tertiary/aromatic N) is 1. The van der Waals surface area contributed by atoms with Crippen LogP contribution in [0.3, 0.4) is 0 Å². The molecule has 7 heteroatoms. The van der Waals surface area contributed by atoms with Crippen molar-refractivity contribution in [1.82, 2.24) is 4.98 Å². The second-order valence-corrected chi connectivity index (χ2v) is 3.99. The number of ether oxygens (including phenoxy) is 1. The van der Waals surface area contributed by atoms with E-state index in [0.717, 1.165) is 0 Å². The van der Waals surface area contributed by atoms with Gasteiger partial charge in [0.1, 0.15) is 12.6 Å². The van der Waals surface area contributed by atoms with Gasteiger partial charge in [0.2, 0.25) is 5.88 Å². The molecule has 0 aliphatic rings. The highest BCUT2D eigenvalue weighted by molar-refractivity contribution is 9.10. The predicted molar refractivity (Wildman–Crippen MR) is 58.1 cm³/mol. The van der Waals surface area contributed by atoms with E-state index in [-0.39, 0.29) is 12.5 Å². The van der Waals surface area contributed by atoms with Crippen LogP contribution in [-0.2, 0) is 4.79 Å². The summed E-state index contributed by atoms with van der Waals surface area (Å²) in [5.41, 5.74) is 5.25. The van der Waals surface area contributed by atoms with Crippen molar-refractivity contribution in [3.05, 3.63) is 21.8 Å². The molecule has 1 rings (SSSR count). The van der Waals surface area contributed by atoms with Crippen LogP contribution in [0, 0.1) is 0 Å². The first kappa shape index (κ1) is 12.2. The Morgan fingerprint density at radius 1 is 1.80 bits per heavy atom. The van der Waals surface area contributed by atoms with Gasteiger partial charge in [-0.1, -0.05) is 11.6 Å². The zero-order valence-corrected chi connectivity index (χ0v) is 9.83. The molecule has 0 aliphatic carbocycles. The molecule has 0 spiro atoms. The highest BCUT2D eigenvalue weighted by atomic mass is 79.9. The third-order valence-electron chi connectivity index (χ3n) is 1.49. The standard InChI is InChI=1S/C8H8BrClN2O3/c9-5-1-4(10)2-12-7(5)15-3-6(11)8(13)14/h1-2,6H,3,11H2,(H,13,14). The molecule has 1 aromatic heterocycles. The molecular weight excluding hydrogens is 287 g/mol. The molecule has 1 heterocycles. The molecule has 82 valence electrons. The number of aromatic nitrogens is 1. The number of halogens is 2. The van der Waals surface area contributed by atoms with E-state index < -0.39 is 12.0 Å². The van der Waals surface area contributed by atoms with Crippen molar-refractivity contribution in [2.75, 3.05) is 6.61 Å². The van der Waals surface area contributed by atoms with Crippen LogP contribution >= 0.6 is 27.5 Å². The van der Waals surface area contributed by atoms with Gasteiger partial charge in [-0.15, -0.1) is 0 Å². The van der Waals surface area contributed by atoms with E-state index in [1.165, 1.54) is 6.20 Å². The van der Waals surface area contributed by atoms with Crippen LogP contribution in [0.2, 0.25) is 5.02 Å². The van der Waals surface area contributed by atoms with E-state index in [1.807, 2.05) is 0 Å². The monoisotopic (exact) mass is 294 g/mol. The van der Waals surface area contributed by atoms with Gasteiger partial charge in [-0.25, -0.2) is 4.98 Å². The number of hydrogen-bond acceptors (Lipinski definition) is 4. The zero-order valence-electron chi connectivity index (χ0n) is 7.48. The first-order chi connectivity index (χ1) is 7.00. The van der Waals surface area contributed by atoms with Gasteiger partial charge in [0, 0.05) is 6.20 Å². The Balaban J connectivity index is 2.62. The number of rotatable bonds is 4. The Labute approximate surface area is 99.3 Å². The summed E-state index contributed by atoms with van der Waals surface area (Å²) < 4.78 is 5.64. The van der Waals surface area contributed by atoms with E-state index in [9.17, 15) is 4.79 Å². The van der Waals surface area contributed by atoms with Crippen LogP contribution < -0.4 is 10.5 Å². The lowest BCUT2D eigenvalue weighted by Gasteiger charge is -2.09. The van der Waals surface area contributed by atoms with Crippen LogP contribution in [0.1, 0.15) is 0 Å². The van der Waals surface area contributed by atoms with Gasteiger partial charge in [0.15, 0.2) is 0 Å². The van der Waals surface area contributed by atoms with Crippen LogP contribution in [0.25, 0.3) is 0 Å². The lowest BCUT2D eigenvalue weighted by atomic mass is 10.3. The molecule has 1 unspecified atom stereocenters. The van der Waals surface area contributed by atoms with Crippen molar-refractivity contribution in [2.24, 2.45) is 5.73 Å². The summed E-state index contributed by atoms with van der Waals surface area (Å²) in [4.78, 5) is 14.3. The quantitative estimate of drug-likeness (QED) is 0.874. The molecule has 0 saturated heterocycles. The van der Waals surface area contributed by atoms with Crippen LogP contribution in [0.4, 0.5) is 0 Å². The van der Waals surface area contributed by atoms with E-state index in [4.69, 9.17) is 27.2 Å². The Morgan fingerprint density at radius 2 is 2.47 bits per heavy atom. The number of hydrogen-bond donors (Lipinski definition) is 2. The maximum Gasteiger partial charge on any atom is 0.324 e. The summed E-state index contributed by atoms with van der Waals surface area (Å²) in [5, 5.41) is 8.97. The fourth-order valence-corrected chi connectivity index (χ4v) is 1.50. The number of aliphatic carboxylic acids is 1. The molecular formula is C8H8BrClN2O3. The molecule has 0 fully saturated rings. The third-order valence-corrected chi connectivity index (χ3v) is 2.27. The smallest absolute Gasteiger partial charge is 0.324 e. The normalized spacial score (nSPS) is 12.2. The van der Waals surface area contributed by atoms with Gasteiger partial charge in [0.05, 0.1) is 9.50 Å². The highest BCUT2D eigenvalue weighted by Crippen LogP contribution is 2.24. The number of nitrogens with two attached hydrogens (primary N) is 1. The Hall–Kier alpha value is -0.850. The first-order valence-electron chi connectivity index (χ1n) is 3.93. The van der Waals surface area contributed by atoms with Gasteiger partial charge in [-0.2, -0.15) is 0 Å². The van der Waals surface area contributed by atoms with E-state index >= 15 is 0 Å². The minimum Gasteiger partial charge on any atom is -0.480 e. The topological polar surface area (TPSA) is 85.4 Å². The zero-order chi connectivity index (χ0) is 11.4. The van der Waals surface area contributed by atoms with Gasteiger partial charge in [-0.05, 0) is 22.0 Å². The first-order valence-corrected chi connectivity index (χ1v) is 5.10. The Kier molecular flexibility index (Phi) is 4.31. The van der Waals surface area contributed by atoms with E-state index in [1.54, 1.807) is 6.07 Å². The summed E-state index contributed by atoms with van der Waals surface area (Å²) in [6, 6.07) is 0.519. The SMILES string of the molecule is NC(COc1ncc(Cl)cc1Br)C(=O)O. The molecule has 15 heavy (non-hydrogen) atoms. The van der Waals surface area contributed by atoms with Crippen LogP contribution in [-0.4, -0.2) is 28.7 Å². The molecule has 0 aromatic carbocycles. The summed E-state index contributed by atoms with van der Waals surface area (Å²) in [5.74, 6) is -0.865. The largest absolute Gasteiger partial charge is 0.480 e. The van der Waals surface area contributed by atoms with Crippen LogP contribution in [0.5, 0.6) is 5.88 Å². The number of carbonyl (C=O) groups is 1. The van der Waals surface area contributed by atoms with Crippen molar-refractivity contribution in [3.8, 4) is 5.88 Å². The van der Waals surface area contributed by atoms with Crippen molar-refractivity contribution in [3.63, 3.8) is 0 Å². The lowest BCUT2D eigenvalue weighted by molar-refractivity contribution is -0.139. The van der Waals surface area contributed by atoms with Crippen molar-refractivity contribution in [1.29, 1.82) is 0 Å². The van der Waals surface area contributed by atoms with Crippen molar-refractivity contribution >= 4 is 33.5 Å². The minimum absolute atomic E-state index is 0.150. The molecule has 1 atom stereocenters. The van der Waals surface area contributed by atoms with Gasteiger partial charge < -0.3 is 15.6 Å². The van der Waals surface area contributed by atoms with Crippen molar-refractivity contribution in [2.45, 2.75) is 6.04 Å². The third kappa shape index (κ3) is 3.65. The fraction of sp³-hybridized carbons (Fsp3) is 0.250. The van der Waals surface area contributed by atoms with E-state index in [2.05, 4.69) is 20.9 Å². The second kappa shape index (κ2) is 5.29.